The Morgan fingerprint density at radius 1 is 1.78 bits per heavy atom. The van der Waals surface area contributed by atoms with Crippen molar-refractivity contribution >= 4 is 6.03 Å². The Hall–Kier alpha value is -0.990. The van der Waals surface area contributed by atoms with Crippen LogP contribution in [-0.2, 0) is 0 Å². The minimum Gasteiger partial charge on any atom is -0.341 e. The van der Waals surface area contributed by atoms with Gasteiger partial charge in [0.1, 0.15) is 0 Å². The van der Waals surface area contributed by atoms with Gasteiger partial charge in [0.05, 0.1) is 0 Å². The average molecular weight is 128 g/mol. The maximum Gasteiger partial charge on any atom is 0.314 e. The fraction of sp³-hybridized carbons (Fsp3) is 0.500. The summed E-state index contributed by atoms with van der Waals surface area (Å²) in [6.07, 6.45) is 2.57. The number of rotatable bonds is 3. The van der Waals surface area contributed by atoms with E-state index in [1.165, 1.54) is 0 Å². The smallest absolute Gasteiger partial charge is 0.314 e. The molecule has 3 nitrogen and oxygen atoms in total. The first-order valence-electron chi connectivity index (χ1n) is 2.87. The summed E-state index contributed by atoms with van der Waals surface area (Å²) in [5.41, 5.74) is 0. The van der Waals surface area contributed by atoms with E-state index in [4.69, 9.17) is 0 Å². The fourth-order valence-electron chi connectivity index (χ4n) is 0.376. The van der Waals surface area contributed by atoms with Crippen molar-refractivity contribution in [2.24, 2.45) is 0 Å². The zero-order valence-electron chi connectivity index (χ0n) is 5.61. The molecule has 0 atom stereocenters. The summed E-state index contributed by atoms with van der Waals surface area (Å²) in [4.78, 5) is 10.4. The van der Waals surface area contributed by atoms with Crippen LogP contribution in [0.15, 0.2) is 12.7 Å². The molecule has 0 aliphatic rings. The number of carbonyl (C=O) groups is 1. The van der Waals surface area contributed by atoms with Crippen LogP contribution in [0, 0.1) is 0 Å². The molecule has 2 amide bonds. The molecule has 0 fully saturated rings. The largest absolute Gasteiger partial charge is 0.341 e. The van der Waals surface area contributed by atoms with Crippen LogP contribution in [0.4, 0.5) is 4.79 Å². The predicted octanol–water partition coefficient (Wildman–Crippen LogP) is 0.491. The lowest BCUT2D eigenvalue weighted by molar-refractivity contribution is 0.243. The molecule has 0 aromatic heterocycles. The van der Waals surface area contributed by atoms with Gasteiger partial charge < -0.3 is 10.6 Å². The molecular formula is C6H12N2O. The number of carbonyl (C=O) groups excluding carboxylic acids is 1. The van der Waals surface area contributed by atoms with E-state index in [9.17, 15) is 4.79 Å². The van der Waals surface area contributed by atoms with Crippen LogP contribution < -0.4 is 10.6 Å². The van der Waals surface area contributed by atoms with E-state index in [2.05, 4.69) is 17.2 Å². The second-order valence-electron chi connectivity index (χ2n) is 1.58. The van der Waals surface area contributed by atoms with Gasteiger partial charge in [-0.3, -0.25) is 0 Å². The molecule has 0 aromatic rings. The second-order valence-corrected chi connectivity index (χ2v) is 1.58. The third kappa shape index (κ3) is 4.87. The van der Waals surface area contributed by atoms with Gasteiger partial charge >= 0.3 is 6.03 Å². The minimum absolute atomic E-state index is 0.142. The van der Waals surface area contributed by atoms with Gasteiger partial charge in [-0.25, -0.2) is 4.79 Å². The average Bonchev–Trinajstić information content (AvgIpc) is 1.89. The van der Waals surface area contributed by atoms with Gasteiger partial charge in [0.25, 0.3) is 0 Å². The first-order valence-corrected chi connectivity index (χ1v) is 2.87. The van der Waals surface area contributed by atoms with Gasteiger partial charge in [0.15, 0.2) is 0 Å². The second kappa shape index (κ2) is 5.15. The zero-order chi connectivity index (χ0) is 7.11. The Morgan fingerprint density at radius 2 is 2.44 bits per heavy atom. The monoisotopic (exact) mass is 128 g/mol. The van der Waals surface area contributed by atoms with Crippen LogP contribution in [0.5, 0.6) is 0 Å². The molecule has 0 aromatic carbocycles. The molecule has 2 N–H and O–H groups in total. The molecule has 0 unspecified atom stereocenters. The van der Waals surface area contributed by atoms with Gasteiger partial charge in [0.2, 0.25) is 0 Å². The van der Waals surface area contributed by atoms with Crippen molar-refractivity contribution < 1.29 is 4.79 Å². The molecule has 52 valence electrons. The lowest BCUT2D eigenvalue weighted by Crippen LogP contribution is -2.33. The molecule has 0 aliphatic carbocycles. The maximum atomic E-state index is 10.4. The summed E-state index contributed by atoms with van der Waals surface area (Å²) >= 11 is 0. The van der Waals surface area contributed by atoms with Gasteiger partial charge in [-0.15, -0.1) is 6.58 Å². The Bertz CT molecular complexity index is 101. The van der Waals surface area contributed by atoms with Crippen molar-refractivity contribution in [3.63, 3.8) is 0 Å². The summed E-state index contributed by atoms with van der Waals surface area (Å²) in [5, 5.41) is 5.05. The number of urea groups is 1. The molecule has 0 bridgehead atoms. The Kier molecular flexibility index (Phi) is 4.59. The van der Waals surface area contributed by atoms with Crippen LogP contribution in [0.1, 0.15) is 6.42 Å². The Balaban J connectivity index is 3.06. The van der Waals surface area contributed by atoms with Crippen LogP contribution in [0.25, 0.3) is 0 Å². The van der Waals surface area contributed by atoms with E-state index < -0.39 is 0 Å². The summed E-state index contributed by atoms with van der Waals surface area (Å²) in [7, 11) is 1.59. The van der Waals surface area contributed by atoms with Crippen LogP contribution in [0.2, 0.25) is 0 Å². The predicted molar refractivity (Wildman–Crippen MR) is 37.3 cm³/mol. The number of hydrogen-bond acceptors (Lipinski definition) is 1. The summed E-state index contributed by atoms with van der Waals surface area (Å²) in [6.45, 7) is 4.17. The van der Waals surface area contributed by atoms with Crippen molar-refractivity contribution in [1.29, 1.82) is 0 Å². The SMILES string of the molecule is C=CCCNC(=O)NC. The summed E-state index contributed by atoms with van der Waals surface area (Å²) < 4.78 is 0. The standard InChI is InChI=1S/C6H12N2O/c1-3-4-5-8-6(9)7-2/h3H,1,4-5H2,2H3,(H2,7,8,9). The van der Waals surface area contributed by atoms with E-state index in [1.54, 1.807) is 13.1 Å². The molecule has 0 heterocycles. The highest BCUT2D eigenvalue weighted by atomic mass is 16.2. The summed E-state index contributed by atoms with van der Waals surface area (Å²) in [5.74, 6) is 0. The quantitative estimate of drug-likeness (QED) is 0.421. The van der Waals surface area contributed by atoms with E-state index in [0.29, 0.717) is 6.54 Å². The van der Waals surface area contributed by atoms with Crippen molar-refractivity contribution in [2.45, 2.75) is 6.42 Å². The lowest BCUT2D eigenvalue weighted by atomic mass is 10.4. The number of amides is 2. The summed E-state index contributed by atoms with van der Waals surface area (Å²) in [6, 6.07) is -0.142. The van der Waals surface area contributed by atoms with Crippen LogP contribution in [-0.4, -0.2) is 19.6 Å². The Morgan fingerprint density at radius 3 is 2.89 bits per heavy atom. The maximum absolute atomic E-state index is 10.4. The van der Waals surface area contributed by atoms with Crippen LogP contribution >= 0.6 is 0 Å². The topological polar surface area (TPSA) is 41.1 Å². The highest BCUT2D eigenvalue weighted by Crippen LogP contribution is 1.73. The number of nitrogens with one attached hydrogen (secondary N) is 2. The van der Waals surface area contributed by atoms with Crippen molar-refractivity contribution in [3.8, 4) is 0 Å². The molecular weight excluding hydrogens is 116 g/mol. The lowest BCUT2D eigenvalue weighted by Gasteiger charge is -1.99. The molecule has 9 heavy (non-hydrogen) atoms. The third-order valence-electron chi connectivity index (χ3n) is 0.861. The highest BCUT2D eigenvalue weighted by molar-refractivity contribution is 5.73. The molecule has 0 radical (unpaired) electrons. The molecule has 0 saturated heterocycles. The van der Waals surface area contributed by atoms with Crippen LogP contribution in [0.3, 0.4) is 0 Å². The van der Waals surface area contributed by atoms with Crippen molar-refractivity contribution in [3.05, 3.63) is 12.7 Å². The van der Waals surface area contributed by atoms with E-state index >= 15 is 0 Å². The van der Waals surface area contributed by atoms with E-state index in [1.807, 2.05) is 0 Å². The normalized spacial score (nSPS) is 8.11. The molecule has 0 rings (SSSR count). The Labute approximate surface area is 55.1 Å². The minimum atomic E-state index is -0.142. The molecule has 3 heteroatoms. The van der Waals surface area contributed by atoms with Crippen molar-refractivity contribution in [2.75, 3.05) is 13.6 Å². The van der Waals surface area contributed by atoms with Gasteiger partial charge in [0, 0.05) is 13.6 Å². The first kappa shape index (κ1) is 8.01. The highest BCUT2D eigenvalue weighted by Gasteiger charge is 1.89. The van der Waals surface area contributed by atoms with Crippen molar-refractivity contribution in [1.82, 2.24) is 10.6 Å². The first-order chi connectivity index (χ1) is 4.31. The van der Waals surface area contributed by atoms with Gasteiger partial charge in [-0.05, 0) is 6.42 Å². The molecule has 0 saturated carbocycles. The third-order valence-corrected chi connectivity index (χ3v) is 0.861. The van der Waals surface area contributed by atoms with Gasteiger partial charge in [-0.2, -0.15) is 0 Å². The van der Waals surface area contributed by atoms with E-state index in [-0.39, 0.29) is 6.03 Å². The molecule has 0 aliphatic heterocycles. The fourth-order valence-corrected chi connectivity index (χ4v) is 0.376. The van der Waals surface area contributed by atoms with Gasteiger partial charge in [-0.1, -0.05) is 6.08 Å². The van der Waals surface area contributed by atoms with E-state index in [0.717, 1.165) is 6.42 Å². The number of hydrogen-bond donors (Lipinski definition) is 2. The molecule has 0 spiro atoms. The zero-order valence-corrected chi connectivity index (χ0v) is 5.61.